The fourth-order valence-corrected chi connectivity index (χ4v) is 3.03. The van der Waals surface area contributed by atoms with Gasteiger partial charge in [-0.15, -0.1) is 0 Å². The first-order valence-electron chi connectivity index (χ1n) is 8.41. The van der Waals surface area contributed by atoms with Crippen molar-refractivity contribution in [1.29, 1.82) is 0 Å². The number of hydrogen-bond acceptors (Lipinski definition) is 4. The van der Waals surface area contributed by atoms with Crippen molar-refractivity contribution in [3.63, 3.8) is 0 Å². The molecule has 7 nitrogen and oxygen atoms in total. The molecule has 0 atom stereocenters. The number of nitrogens with one attached hydrogen (secondary N) is 1. The fraction of sp³-hybridized carbons (Fsp3) is 0.389. The smallest absolute Gasteiger partial charge is 0.258 e. The van der Waals surface area contributed by atoms with Crippen LogP contribution in [0.1, 0.15) is 35.1 Å². The molecule has 0 saturated carbocycles. The van der Waals surface area contributed by atoms with Gasteiger partial charge in [0.2, 0.25) is 5.91 Å². The van der Waals surface area contributed by atoms with Crippen LogP contribution in [0.5, 0.6) is 5.75 Å². The average Bonchev–Trinajstić information content (AvgIpc) is 2.89. The Morgan fingerprint density at radius 3 is 2.88 bits per heavy atom. The van der Waals surface area contributed by atoms with Crippen molar-refractivity contribution < 1.29 is 18.7 Å². The molecule has 1 aliphatic rings. The average molecular weight is 360 g/mol. The summed E-state index contributed by atoms with van der Waals surface area (Å²) >= 11 is 0. The van der Waals surface area contributed by atoms with Crippen LogP contribution in [0.25, 0.3) is 0 Å². The largest absolute Gasteiger partial charge is 0.496 e. The van der Waals surface area contributed by atoms with Gasteiger partial charge in [0.15, 0.2) is 0 Å². The lowest BCUT2D eigenvalue weighted by Gasteiger charge is -2.17. The summed E-state index contributed by atoms with van der Waals surface area (Å²) in [6, 6.07) is 6.10. The Morgan fingerprint density at radius 1 is 1.35 bits per heavy atom. The Labute approximate surface area is 150 Å². The molecule has 2 aromatic rings. The van der Waals surface area contributed by atoms with Crippen LogP contribution in [0, 0.1) is 5.82 Å². The summed E-state index contributed by atoms with van der Waals surface area (Å²) in [6.45, 7) is 3.63. The van der Waals surface area contributed by atoms with E-state index in [-0.39, 0.29) is 23.8 Å². The number of benzene rings is 1. The number of ether oxygens (including phenoxy) is 1. The van der Waals surface area contributed by atoms with Crippen LogP contribution in [0.15, 0.2) is 24.3 Å². The Bertz CT molecular complexity index is 834. The molecule has 1 N–H and O–H groups in total. The minimum atomic E-state index is -0.639. The van der Waals surface area contributed by atoms with Crippen molar-refractivity contribution in [2.45, 2.75) is 33.0 Å². The third kappa shape index (κ3) is 3.68. The van der Waals surface area contributed by atoms with E-state index in [1.54, 1.807) is 11.8 Å². The van der Waals surface area contributed by atoms with Gasteiger partial charge in [0.25, 0.3) is 5.91 Å². The third-order valence-corrected chi connectivity index (χ3v) is 4.36. The Hall–Kier alpha value is -2.90. The molecule has 0 aliphatic carbocycles. The molecule has 3 rings (SSSR count). The highest BCUT2D eigenvalue weighted by Crippen LogP contribution is 2.21. The van der Waals surface area contributed by atoms with Crippen LogP contribution >= 0.6 is 0 Å². The molecular weight excluding hydrogens is 339 g/mol. The lowest BCUT2D eigenvalue weighted by atomic mass is 10.1. The van der Waals surface area contributed by atoms with Gasteiger partial charge in [-0.05, 0) is 24.6 Å². The predicted molar refractivity (Wildman–Crippen MR) is 92.1 cm³/mol. The summed E-state index contributed by atoms with van der Waals surface area (Å²) in [6.07, 6.45) is 0.826. The number of amides is 2. The first-order chi connectivity index (χ1) is 12.5. The number of hydrogen-bond donors (Lipinski definition) is 1. The van der Waals surface area contributed by atoms with Gasteiger partial charge in [-0.25, -0.2) is 4.39 Å². The molecule has 2 amide bonds. The van der Waals surface area contributed by atoms with Crippen molar-refractivity contribution in [2.24, 2.45) is 0 Å². The zero-order valence-corrected chi connectivity index (χ0v) is 14.8. The van der Waals surface area contributed by atoms with E-state index in [9.17, 15) is 14.0 Å². The lowest BCUT2D eigenvalue weighted by Crippen LogP contribution is -2.28. The molecule has 0 radical (unpaired) electrons. The maximum absolute atomic E-state index is 14.0. The van der Waals surface area contributed by atoms with E-state index < -0.39 is 11.7 Å². The van der Waals surface area contributed by atoms with Crippen LogP contribution in [-0.4, -0.2) is 40.1 Å². The molecule has 0 bridgehead atoms. The van der Waals surface area contributed by atoms with Gasteiger partial charge >= 0.3 is 0 Å². The second-order valence-electron chi connectivity index (χ2n) is 6.14. The molecule has 0 spiro atoms. The second-order valence-corrected chi connectivity index (χ2v) is 6.14. The van der Waals surface area contributed by atoms with Gasteiger partial charge in [0.05, 0.1) is 31.6 Å². The number of carbonyl (C=O) groups is 2. The van der Waals surface area contributed by atoms with Crippen molar-refractivity contribution in [3.05, 3.63) is 47.0 Å². The first-order valence-corrected chi connectivity index (χ1v) is 8.41. The molecule has 0 fully saturated rings. The van der Waals surface area contributed by atoms with E-state index in [0.29, 0.717) is 25.3 Å². The summed E-state index contributed by atoms with van der Waals surface area (Å²) in [4.78, 5) is 25.7. The number of aromatic nitrogens is 2. The highest BCUT2D eigenvalue weighted by Gasteiger charge is 2.20. The van der Waals surface area contributed by atoms with E-state index in [1.165, 1.54) is 25.3 Å². The highest BCUT2D eigenvalue weighted by atomic mass is 19.1. The van der Waals surface area contributed by atoms with Gasteiger partial charge in [0.1, 0.15) is 17.1 Å². The standard InChI is InChI=1S/C18H21FN4O3/c1-12(24)22-7-4-8-23-14(11-22)9-13(21-23)10-20-18(25)17-15(19)5-3-6-16(17)26-2/h3,5-6,9H,4,7-8,10-11H2,1-2H3,(H,20,25). The monoisotopic (exact) mass is 360 g/mol. The normalized spacial score (nSPS) is 13.7. The molecule has 1 aliphatic heterocycles. The molecule has 0 saturated heterocycles. The Kier molecular flexibility index (Phi) is 5.20. The number of methoxy groups -OCH3 is 1. The topological polar surface area (TPSA) is 76.5 Å². The molecule has 138 valence electrons. The van der Waals surface area contributed by atoms with Gasteiger partial charge in [-0.3, -0.25) is 14.3 Å². The van der Waals surface area contributed by atoms with E-state index in [4.69, 9.17) is 4.74 Å². The third-order valence-electron chi connectivity index (χ3n) is 4.36. The predicted octanol–water partition coefficient (Wildman–Crippen LogP) is 1.71. The van der Waals surface area contributed by atoms with Crippen LogP contribution in [0.4, 0.5) is 4.39 Å². The van der Waals surface area contributed by atoms with Crippen molar-refractivity contribution in [2.75, 3.05) is 13.7 Å². The SMILES string of the molecule is COc1cccc(F)c1C(=O)NCc1cc2n(n1)CCCN(C(C)=O)C2. The van der Waals surface area contributed by atoms with Crippen LogP contribution in [-0.2, 0) is 24.4 Å². The second kappa shape index (κ2) is 7.55. The van der Waals surface area contributed by atoms with Gasteiger partial charge in [-0.1, -0.05) is 6.07 Å². The molecule has 26 heavy (non-hydrogen) atoms. The summed E-state index contributed by atoms with van der Waals surface area (Å²) in [5.41, 5.74) is 1.46. The van der Waals surface area contributed by atoms with E-state index in [2.05, 4.69) is 10.4 Å². The number of halogens is 1. The zero-order chi connectivity index (χ0) is 18.7. The maximum Gasteiger partial charge on any atom is 0.258 e. The Balaban J connectivity index is 1.71. The summed E-state index contributed by atoms with van der Waals surface area (Å²) < 4.78 is 20.9. The van der Waals surface area contributed by atoms with Crippen LogP contribution in [0.3, 0.4) is 0 Å². The van der Waals surface area contributed by atoms with E-state index >= 15 is 0 Å². The van der Waals surface area contributed by atoms with Gasteiger partial charge in [0, 0.05) is 20.0 Å². The molecule has 2 heterocycles. The van der Waals surface area contributed by atoms with Crippen LogP contribution in [0.2, 0.25) is 0 Å². The van der Waals surface area contributed by atoms with Crippen LogP contribution < -0.4 is 10.1 Å². The number of fused-ring (bicyclic) bond motifs is 1. The molecule has 8 heteroatoms. The summed E-state index contributed by atoms with van der Waals surface area (Å²) in [5.74, 6) is -0.991. The lowest BCUT2D eigenvalue weighted by molar-refractivity contribution is -0.129. The number of aryl methyl sites for hydroxylation is 1. The Morgan fingerprint density at radius 2 is 2.15 bits per heavy atom. The van der Waals surface area contributed by atoms with Crippen molar-refractivity contribution in [1.82, 2.24) is 20.0 Å². The van der Waals surface area contributed by atoms with Crippen molar-refractivity contribution >= 4 is 11.8 Å². The highest BCUT2D eigenvalue weighted by molar-refractivity contribution is 5.97. The van der Waals surface area contributed by atoms with E-state index in [0.717, 1.165) is 12.1 Å². The summed E-state index contributed by atoms with van der Waals surface area (Å²) in [5, 5.41) is 7.15. The summed E-state index contributed by atoms with van der Waals surface area (Å²) in [7, 11) is 1.39. The fourth-order valence-electron chi connectivity index (χ4n) is 3.03. The van der Waals surface area contributed by atoms with E-state index in [1.807, 2.05) is 10.7 Å². The van der Waals surface area contributed by atoms with Gasteiger partial charge in [-0.2, -0.15) is 5.10 Å². The molecule has 1 aromatic carbocycles. The first kappa shape index (κ1) is 17.9. The minimum absolute atomic E-state index is 0.0288. The maximum atomic E-state index is 14.0. The number of carbonyl (C=O) groups excluding carboxylic acids is 2. The van der Waals surface area contributed by atoms with Crippen molar-refractivity contribution in [3.8, 4) is 5.75 Å². The molecular formula is C18H21FN4O3. The quantitative estimate of drug-likeness (QED) is 0.901. The zero-order valence-electron chi connectivity index (χ0n) is 14.8. The van der Waals surface area contributed by atoms with Gasteiger partial charge < -0.3 is 15.0 Å². The molecule has 0 unspecified atom stereocenters. The minimum Gasteiger partial charge on any atom is -0.496 e. The number of nitrogens with zero attached hydrogens (tertiary/aromatic N) is 3. The number of rotatable bonds is 4. The molecule has 1 aromatic heterocycles.